The molecule has 0 radical (unpaired) electrons. The fraction of sp³-hybridized carbons (Fsp3) is 0.833. The van der Waals surface area contributed by atoms with Gasteiger partial charge in [-0.2, -0.15) is 18.4 Å². The summed E-state index contributed by atoms with van der Waals surface area (Å²) >= 11 is 0. The van der Waals surface area contributed by atoms with Crippen molar-refractivity contribution < 1.29 is 13.2 Å². The van der Waals surface area contributed by atoms with Gasteiger partial charge < -0.3 is 5.73 Å². The number of rotatable bonds is 3. The molecule has 0 aliphatic carbocycles. The smallest absolute Gasteiger partial charge is 0.321 e. The predicted molar refractivity (Wildman–Crippen MR) is 40.9 cm³/mol. The van der Waals surface area contributed by atoms with Gasteiger partial charge >= 0.3 is 6.18 Å². The van der Waals surface area contributed by atoms with Gasteiger partial charge in [0.25, 0.3) is 0 Å². The number of nitrogens with zero attached hydrogens (tertiary/aromatic N) is 3. The molecule has 0 amide bonds. The first kappa shape index (κ1) is 10.9. The van der Waals surface area contributed by atoms with Gasteiger partial charge in [0, 0.05) is 0 Å². The minimum absolute atomic E-state index is 0.0982. The molecule has 80 valence electrons. The van der Waals surface area contributed by atoms with Crippen molar-refractivity contribution >= 4 is 0 Å². The molecule has 1 aromatic heterocycles. The Balaban J connectivity index is 2.53. The van der Waals surface area contributed by atoms with Crippen molar-refractivity contribution in [3.63, 3.8) is 0 Å². The van der Waals surface area contributed by atoms with Gasteiger partial charge in [-0.05, 0) is 6.42 Å². The van der Waals surface area contributed by atoms with Crippen LogP contribution in [0.15, 0.2) is 0 Å². The zero-order valence-corrected chi connectivity index (χ0v) is 7.41. The van der Waals surface area contributed by atoms with E-state index >= 15 is 0 Å². The fourth-order valence-electron chi connectivity index (χ4n) is 0.947. The molecule has 1 rings (SSSR count). The highest BCUT2D eigenvalue weighted by atomic mass is 19.4. The third kappa shape index (κ3) is 2.66. The van der Waals surface area contributed by atoms with Crippen molar-refractivity contribution in [2.75, 3.05) is 0 Å². The topological polar surface area (TPSA) is 80.5 Å². The molecule has 0 spiro atoms. The first-order valence-corrected chi connectivity index (χ1v) is 3.97. The molecule has 0 aliphatic rings. The lowest BCUT2D eigenvalue weighted by Crippen LogP contribution is -2.25. The lowest BCUT2D eigenvalue weighted by molar-refractivity contribution is -0.172. The van der Waals surface area contributed by atoms with Crippen molar-refractivity contribution in [3.8, 4) is 0 Å². The zero-order chi connectivity index (χ0) is 10.8. The summed E-state index contributed by atoms with van der Waals surface area (Å²) in [7, 11) is 0. The van der Waals surface area contributed by atoms with Gasteiger partial charge in [-0.25, -0.2) is 0 Å². The van der Waals surface area contributed by atoms with Crippen LogP contribution in [0.5, 0.6) is 0 Å². The maximum Gasteiger partial charge on any atom is 0.391 e. The Hall–Kier alpha value is -1.18. The molecule has 0 bridgehead atoms. The highest BCUT2D eigenvalue weighted by Gasteiger charge is 2.37. The molecule has 0 aromatic carbocycles. The van der Waals surface area contributed by atoms with Crippen molar-refractivity contribution in [1.29, 1.82) is 0 Å². The minimum Gasteiger partial charge on any atom is -0.321 e. The zero-order valence-electron chi connectivity index (χ0n) is 7.41. The first-order valence-electron chi connectivity index (χ1n) is 3.97. The Morgan fingerprint density at radius 3 is 2.57 bits per heavy atom. The van der Waals surface area contributed by atoms with E-state index in [9.17, 15) is 13.2 Å². The van der Waals surface area contributed by atoms with Gasteiger partial charge in [-0.3, -0.25) is 0 Å². The lowest BCUT2D eigenvalue weighted by Gasteiger charge is -2.17. The van der Waals surface area contributed by atoms with Gasteiger partial charge in [0.1, 0.15) is 0 Å². The molecular weight excluding hydrogens is 199 g/mol. The third-order valence-electron chi connectivity index (χ3n) is 1.86. The van der Waals surface area contributed by atoms with E-state index in [1.54, 1.807) is 0 Å². The summed E-state index contributed by atoms with van der Waals surface area (Å²) in [6, 6.07) is -0.842. The summed E-state index contributed by atoms with van der Waals surface area (Å²) < 4.78 is 36.4. The number of hydrogen-bond donors (Lipinski definition) is 2. The molecule has 14 heavy (non-hydrogen) atoms. The molecule has 8 heteroatoms. The Labute approximate surface area is 77.9 Å². The number of hydrogen-bond acceptors (Lipinski definition) is 4. The molecule has 1 aromatic rings. The summed E-state index contributed by atoms with van der Waals surface area (Å²) in [6.07, 6.45) is -4.48. The van der Waals surface area contributed by atoms with Crippen LogP contribution in [0, 0.1) is 5.92 Å². The predicted octanol–water partition coefficient (Wildman–Crippen LogP) is 0.788. The molecule has 2 unspecified atom stereocenters. The Morgan fingerprint density at radius 2 is 2.14 bits per heavy atom. The highest BCUT2D eigenvalue weighted by Crippen LogP contribution is 2.31. The van der Waals surface area contributed by atoms with E-state index in [1.165, 1.54) is 0 Å². The van der Waals surface area contributed by atoms with E-state index in [0.29, 0.717) is 0 Å². The van der Waals surface area contributed by atoms with Crippen LogP contribution in [0.2, 0.25) is 0 Å². The Kier molecular flexibility index (Phi) is 3.04. The highest BCUT2D eigenvalue weighted by molar-refractivity contribution is 4.88. The molecular formula is C6H10F3N5. The number of nitrogens with one attached hydrogen (secondary N) is 1. The van der Waals surface area contributed by atoms with Gasteiger partial charge in [-0.1, -0.05) is 12.1 Å². The average Bonchev–Trinajstić information content (AvgIpc) is 2.53. The van der Waals surface area contributed by atoms with Crippen LogP contribution in [-0.2, 0) is 0 Å². The van der Waals surface area contributed by atoms with Gasteiger partial charge in [0.2, 0.25) is 0 Å². The fourth-order valence-corrected chi connectivity index (χ4v) is 0.947. The number of aromatic amines is 1. The Bertz CT molecular complexity index is 269. The number of halogens is 3. The van der Waals surface area contributed by atoms with Crippen molar-refractivity contribution in [3.05, 3.63) is 5.82 Å². The molecule has 1 heterocycles. The Morgan fingerprint density at radius 1 is 1.50 bits per heavy atom. The minimum atomic E-state index is -4.23. The normalized spacial score (nSPS) is 16.6. The van der Waals surface area contributed by atoms with Crippen LogP contribution in [0.3, 0.4) is 0 Å². The van der Waals surface area contributed by atoms with E-state index in [-0.39, 0.29) is 12.2 Å². The second-order valence-electron chi connectivity index (χ2n) is 3.05. The number of nitrogens with two attached hydrogens (primary N) is 1. The summed E-state index contributed by atoms with van der Waals surface area (Å²) in [5, 5.41) is 12.4. The molecule has 5 nitrogen and oxygen atoms in total. The summed E-state index contributed by atoms with van der Waals surface area (Å²) in [5.41, 5.74) is 5.45. The third-order valence-corrected chi connectivity index (χ3v) is 1.86. The molecule has 3 N–H and O–H groups in total. The summed E-state index contributed by atoms with van der Waals surface area (Å²) in [6.45, 7) is 1.07. The monoisotopic (exact) mass is 209 g/mol. The van der Waals surface area contributed by atoms with E-state index in [4.69, 9.17) is 5.73 Å². The standard InChI is InChI=1S/C6H10F3N5/c1-3(6(7,8)9)2-4(10)5-11-13-14-12-5/h3-4H,2,10H2,1H3,(H,11,12,13,14). The van der Waals surface area contributed by atoms with Gasteiger partial charge in [-0.15, -0.1) is 10.2 Å². The van der Waals surface area contributed by atoms with E-state index < -0.39 is 18.1 Å². The molecule has 2 atom stereocenters. The second kappa shape index (κ2) is 3.91. The van der Waals surface area contributed by atoms with Crippen molar-refractivity contribution in [2.45, 2.75) is 25.6 Å². The number of alkyl halides is 3. The van der Waals surface area contributed by atoms with E-state index in [1.807, 2.05) is 0 Å². The molecule has 0 saturated carbocycles. The van der Waals surface area contributed by atoms with Crippen LogP contribution in [-0.4, -0.2) is 26.8 Å². The molecule has 0 fully saturated rings. The van der Waals surface area contributed by atoms with Gasteiger partial charge in [0.05, 0.1) is 12.0 Å². The van der Waals surface area contributed by atoms with Gasteiger partial charge in [0.15, 0.2) is 5.82 Å². The number of H-pyrrole nitrogens is 1. The quantitative estimate of drug-likeness (QED) is 0.771. The number of tetrazole rings is 1. The maximum atomic E-state index is 12.1. The van der Waals surface area contributed by atoms with Crippen LogP contribution in [0.1, 0.15) is 25.2 Å². The van der Waals surface area contributed by atoms with E-state index in [0.717, 1.165) is 6.92 Å². The van der Waals surface area contributed by atoms with Crippen molar-refractivity contribution in [2.24, 2.45) is 11.7 Å². The summed E-state index contributed by atoms with van der Waals surface area (Å²) in [5.74, 6) is -1.38. The summed E-state index contributed by atoms with van der Waals surface area (Å²) in [4.78, 5) is 0. The number of aromatic nitrogens is 4. The second-order valence-corrected chi connectivity index (χ2v) is 3.05. The van der Waals surface area contributed by atoms with Crippen LogP contribution in [0.25, 0.3) is 0 Å². The van der Waals surface area contributed by atoms with Crippen LogP contribution >= 0.6 is 0 Å². The maximum absolute atomic E-state index is 12.1. The molecule has 0 aliphatic heterocycles. The lowest BCUT2D eigenvalue weighted by atomic mass is 10.0. The largest absolute Gasteiger partial charge is 0.391 e. The SMILES string of the molecule is CC(CC(N)c1nn[nH]n1)C(F)(F)F. The average molecular weight is 209 g/mol. The van der Waals surface area contributed by atoms with Crippen LogP contribution < -0.4 is 5.73 Å². The first-order chi connectivity index (χ1) is 6.41. The van der Waals surface area contributed by atoms with E-state index in [2.05, 4.69) is 20.6 Å². The van der Waals surface area contributed by atoms with Crippen molar-refractivity contribution in [1.82, 2.24) is 20.6 Å². The van der Waals surface area contributed by atoms with Crippen LogP contribution in [0.4, 0.5) is 13.2 Å². The molecule has 0 saturated heterocycles.